The summed E-state index contributed by atoms with van der Waals surface area (Å²) in [6.45, 7) is 0. The van der Waals surface area contributed by atoms with E-state index in [-0.39, 0.29) is 0 Å². The fourth-order valence-corrected chi connectivity index (χ4v) is 9.67. The molecule has 0 atom stereocenters. The number of rotatable bonds is 5. The molecule has 13 rings (SSSR count). The second-order valence-corrected chi connectivity index (χ2v) is 15.3. The van der Waals surface area contributed by atoms with E-state index in [0.717, 1.165) is 44.7 Å². The smallest absolute Gasteiger partial charge is 0.135 e. The third-order valence-corrected chi connectivity index (χ3v) is 12.2. The summed E-state index contributed by atoms with van der Waals surface area (Å²) < 4.78 is 11.1. The summed E-state index contributed by atoms with van der Waals surface area (Å²) >= 11 is 0. The van der Waals surface area contributed by atoms with Crippen LogP contribution in [0.1, 0.15) is 0 Å². The lowest BCUT2D eigenvalue weighted by molar-refractivity contribution is 0.669. The van der Waals surface area contributed by atoms with Crippen molar-refractivity contribution in [2.24, 2.45) is 0 Å². The zero-order valence-electron chi connectivity index (χ0n) is 31.3. The monoisotopic (exact) mass is 739 g/mol. The van der Waals surface area contributed by atoms with Crippen molar-refractivity contribution >= 4 is 98.9 Å². The highest BCUT2D eigenvalue weighted by molar-refractivity contribution is 6.23. The zero-order valence-corrected chi connectivity index (χ0v) is 31.3. The van der Waals surface area contributed by atoms with Crippen molar-refractivity contribution in [2.45, 2.75) is 0 Å². The number of aromatic nitrogens is 2. The number of anilines is 3. The number of fused-ring (bicyclic) bond motifs is 12. The minimum absolute atomic E-state index is 0.883. The van der Waals surface area contributed by atoms with Gasteiger partial charge in [-0.25, -0.2) is 0 Å². The highest BCUT2D eigenvalue weighted by Crippen LogP contribution is 2.44. The van der Waals surface area contributed by atoms with Crippen LogP contribution < -0.4 is 4.90 Å². The topological polar surface area (TPSA) is 25.7 Å². The molecule has 4 nitrogen and oxygen atoms in total. The second-order valence-electron chi connectivity index (χ2n) is 15.3. The minimum Gasteiger partial charge on any atom is -0.456 e. The van der Waals surface area contributed by atoms with Gasteiger partial charge in [0.05, 0.1) is 27.6 Å². The number of para-hydroxylation sites is 5. The molecule has 13 aromatic rings. The van der Waals surface area contributed by atoms with Crippen LogP contribution in [-0.2, 0) is 0 Å². The Morgan fingerprint density at radius 2 is 0.897 bits per heavy atom. The van der Waals surface area contributed by atoms with Gasteiger partial charge in [-0.05, 0) is 96.1 Å². The molecule has 0 amide bonds. The number of nitrogens with zero attached hydrogens (tertiary/aromatic N) is 3. The first-order chi connectivity index (χ1) is 28.8. The fraction of sp³-hybridized carbons (Fsp3) is 0. The van der Waals surface area contributed by atoms with Crippen LogP contribution in [-0.4, -0.2) is 8.97 Å². The molecule has 0 aliphatic heterocycles. The lowest BCUT2D eigenvalue weighted by Gasteiger charge is -2.26. The Kier molecular flexibility index (Phi) is 6.41. The first kappa shape index (κ1) is 31.4. The molecule has 270 valence electrons. The summed E-state index contributed by atoms with van der Waals surface area (Å²) in [5.41, 5.74) is 14.7. The molecule has 0 aliphatic rings. The SMILES string of the molecule is c1ccc(-n2c3ccccc3c3cc(N(c4ccc(-c5ccc6c7cccc8c9ccccc9n(c6c5)c87)cc4)c4ccc5oc6ccccc6c5c4)ccc32)cc1. The number of furan rings is 1. The van der Waals surface area contributed by atoms with E-state index in [0.29, 0.717) is 0 Å². The Morgan fingerprint density at radius 1 is 0.328 bits per heavy atom. The molecule has 0 aliphatic carbocycles. The molecule has 0 bridgehead atoms. The standard InChI is InChI=1S/C54H33N3O/c1-2-11-36(12-3-1)56-48-18-7-5-14-41(48)46-32-38(26-29-50(46)56)55(39-27-30-53-47(33-39)43-15-6-9-20-52(43)58-53)37-24-21-34(22-25-37)35-23-28-42-45-17-10-16-44-40-13-4-8-19-49(40)57(54(44)45)51(42)31-35/h1-33H. The van der Waals surface area contributed by atoms with E-state index in [2.05, 4.69) is 202 Å². The van der Waals surface area contributed by atoms with Gasteiger partial charge in [-0.3, -0.25) is 0 Å². The molecule has 0 saturated heterocycles. The van der Waals surface area contributed by atoms with Crippen LogP contribution in [0.15, 0.2) is 205 Å². The predicted molar refractivity (Wildman–Crippen MR) is 243 cm³/mol. The Hall–Kier alpha value is -7.82. The van der Waals surface area contributed by atoms with Gasteiger partial charge < -0.3 is 18.3 Å². The molecule has 9 aromatic carbocycles. The summed E-state index contributed by atoms with van der Waals surface area (Å²) in [6.07, 6.45) is 0. The van der Waals surface area contributed by atoms with Crippen molar-refractivity contribution < 1.29 is 4.42 Å². The largest absolute Gasteiger partial charge is 0.456 e. The van der Waals surface area contributed by atoms with Gasteiger partial charge in [0.25, 0.3) is 0 Å². The maximum atomic E-state index is 6.28. The summed E-state index contributed by atoms with van der Waals surface area (Å²) in [7, 11) is 0. The van der Waals surface area contributed by atoms with Crippen molar-refractivity contribution in [3.63, 3.8) is 0 Å². The van der Waals surface area contributed by atoms with Gasteiger partial charge in [-0.15, -0.1) is 0 Å². The molecule has 0 spiro atoms. The van der Waals surface area contributed by atoms with Gasteiger partial charge in [0.15, 0.2) is 0 Å². The normalized spacial score (nSPS) is 12.1. The molecular formula is C54H33N3O. The zero-order chi connectivity index (χ0) is 37.9. The van der Waals surface area contributed by atoms with E-state index in [1.54, 1.807) is 0 Å². The van der Waals surface area contributed by atoms with Gasteiger partial charge in [-0.2, -0.15) is 0 Å². The van der Waals surface area contributed by atoms with Gasteiger partial charge >= 0.3 is 0 Å². The van der Waals surface area contributed by atoms with Gasteiger partial charge in [0.2, 0.25) is 0 Å². The maximum Gasteiger partial charge on any atom is 0.135 e. The number of hydrogen-bond acceptors (Lipinski definition) is 2. The molecule has 0 N–H and O–H groups in total. The second kappa shape index (κ2) is 11.8. The summed E-state index contributed by atoms with van der Waals surface area (Å²) in [5.74, 6) is 0. The van der Waals surface area contributed by atoms with E-state index < -0.39 is 0 Å². The van der Waals surface area contributed by atoms with E-state index in [4.69, 9.17) is 4.42 Å². The first-order valence-corrected chi connectivity index (χ1v) is 19.8. The molecular weight excluding hydrogens is 707 g/mol. The van der Waals surface area contributed by atoms with Crippen molar-refractivity contribution in [1.29, 1.82) is 0 Å². The third kappa shape index (κ3) is 4.40. The third-order valence-electron chi connectivity index (χ3n) is 12.2. The van der Waals surface area contributed by atoms with Crippen LogP contribution in [0, 0.1) is 0 Å². The summed E-state index contributed by atoms with van der Waals surface area (Å²) in [4.78, 5) is 2.38. The summed E-state index contributed by atoms with van der Waals surface area (Å²) in [6, 6.07) is 72.5. The predicted octanol–water partition coefficient (Wildman–Crippen LogP) is 15.0. The molecule has 0 radical (unpaired) electrons. The number of hydrogen-bond donors (Lipinski definition) is 0. The molecule has 4 heterocycles. The lowest BCUT2D eigenvalue weighted by atomic mass is 10.0. The highest BCUT2D eigenvalue weighted by Gasteiger charge is 2.20. The van der Waals surface area contributed by atoms with Crippen LogP contribution in [0.4, 0.5) is 17.1 Å². The lowest BCUT2D eigenvalue weighted by Crippen LogP contribution is -2.09. The molecule has 4 heteroatoms. The Morgan fingerprint density at radius 3 is 1.71 bits per heavy atom. The van der Waals surface area contributed by atoms with Crippen molar-refractivity contribution in [3.8, 4) is 16.8 Å². The van der Waals surface area contributed by atoms with Gasteiger partial charge in [0, 0.05) is 65.8 Å². The van der Waals surface area contributed by atoms with Crippen molar-refractivity contribution in [2.75, 3.05) is 4.90 Å². The molecule has 0 fully saturated rings. The number of benzene rings is 9. The van der Waals surface area contributed by atoms with Gasteiger partial charge in [0.1, 0.15) is 11.2 Å². The average molecular weight is 740 g/mol. The Bertz CT molecular complexity index is 3740. The quantitative estimate of drug-likeness (QED) is 0.176. The van der Waals surface area contributed by atoms with Gasteiger partial charge in [-0.1, -0.05) is 115 Å². The van der Waals surface area contributed by atoms with Crippen molar-refractivity contribution in [3.05, 3.63) is 200 Å². The summed E-state index contributed by atoms with van der Waals surface area (Å²) in [5, 5.41) is 9.82. The maximum absolute atomic E-state index is 6.28. The molecule has 58 heavy (non-hydrogen) atoms. The fourth-order valence-electron chi connectivity index (χ4n) is 9.67. The Labute approximate surface area is 333 Å². The first-order valence-electron chi connectivity index (χ1n) is 19.8. The molecule has 0 unspecified atom stereocenters. The minimum atomic E-state index is 0.883. The van der Waals surface area contributed by atoms with E-state index in [9.17, 15) is 0 Å². The van der Waals surface area contributed by atoms with Crippen molar-refractivity contribution in [1.82, 2.24) is 8.97 Å². The molecule has 0 saturated carbocycles. The van der Waals surface area contributed by atoms with Crippen LogP contribution in [0.3, 0.4) is 0 Å². The van der Waals surface area contributed by atoms with E-state index in [1.807, 2.05) is 12.1 Å². The van der Waals surface area contributed by atoms with Crippen LogP contribution in [0.25, 0.3) is 98.7 Å². The van der Waals surface area contributed by atoms with Crippen LogP contribution in [0.2, 0.25) is 0 Å². The van der Waals surface area contributed by atoms with E-state index >= 15 is 0 Å². The Balaban J connectivity index is 0.988. The average Bonchev–Trinajstić information content (AvgIpc) is 4.03. The highest BCUT2D eigenvalue weighted by atomic mass is 16.3. The van der Waals surface area contributed by atoms with Crippen LogP contribution >= 0.6 is 0 Å². The molecule has 4 aromatic heterocycles. The van der Waals surface area contributed by atoms with E-state index in [1.165, 1.54) is 71.0 Å². The van der Waals surface area contributed by atoms with Crippen LogP contribution in [0.5, 0.6) is 0 Å².